The van der Waals surface area contributed by atoms with E-state index in [0.29, 0.717) is 0 Å². The number of hydrogen-bond acceptors (Lipinski definition) is 1. The van der Waals surface area contributed by atoms with E-state index in [-0.39, 0.29) is 0 Å². The third kappa shape index (κ3) is 3.28. The first-order chi connectivity index (χ1) is 10.4. The molecule has 0 spiro atoms. The summed E-state index contributed by atoms with van der Waals surface area (Å²) in [5, 5.41) is 10.2. The molecule has 0 heterocycles. The number of aliphatic hydroxyl groups is 1. The molecule has 1 aromatic rings. The second-order valence-corrected chi connectivity index (χ2v) is 10.9. The van der Waals surface area contributed by atoms with Crippen molar-refractivity contribution in [2.75, 3.05) is 0 Å². The summed E-state index contributed by atoms with van der Waals surface area (Å²) in [6.45, 7) is 5.94. The summed E-state index contributed by atoms with van der Waals surface area (Å²) in [6.07, 6.45) is -11.7. The first-order valence-electron chi connectivity index (χ1n) is 7.36. The van der Waals surface area contributed by atoms with Crippen LogP contribution in [0.4, 0.5) is 26.3 Å². The molecule has 132 valence electrons. The second kappa shape index (κ2) is 6.47. The fourth-order valence-corrected chi connectivity index (χ4v) is 6.51. The smallest absolute Gasteiger partial charge is 0.369 e. The van der Waals surface area contributed by atoms with E-state index >= 15 is 0 Å². The number of halogens is 6. The van der Waals surface area contributed by atoms with E-state index in [9.17, 15) is 31.4 Å². The van der Waals surface area contributed by atoms with Crippen LogP contribution < -0.4 is 5.19 Å². The van der Waals surface area contributed by atoms with E-state index in [2.05, 4.69) is 0 Å². The van der Waals surface area contributed by atoms with Crippen molar-refractivity contribution in [2.24, 2.45) is 0 Å². The maximum absolute atomic E-state index is 12.9. The summed E-state index contributed by atoms with van der Waals surface area (Å²) in [5.74, 6) is 0. The van der Waals surface area contributed by atoms with E-state index in [4.69, 9.17) is 0 Å². The Morgan fingerprint density at radius 2 is 1.13 bits per heavy atom. The van der Waals surface area contributed by atoms with Crippen molar-refractivity contribution in [1.82, 2.24) is 0 Å². The molecule has 0 aliphatic carbocycles. The number of rotatable bonds is 5. The second-order valence-electron chi connectivity index (χ2n) is 5.62. The van der Waals surface area contributed by atoms with Crippen molar-refractivity contribution in [1.29, 1.82) is 0 Å². The van der Waals surface area contributed by atoms with Crippen LogP contribution in [0.5, 0.6) is 0 Å². The van der Waals surface area contributed by atoms with E-state index < -0.39 is 31.6 Å². The van der Waals surface area contributed by atoms with Gasteiger partial charge in [0.2, 0.25) is 0 Å². The van der Waals surface area contributed by atoms with Crippen LogP contribution in [0.25, 0.3) is 0 Å². The average Bonchev–Trinajstić information content (AvgIpc) is 2.47. The molecule has 1 aromatic carbocycles. The monoisotopic (exact) mass is 358 g/mol. The van der Waals surface area contributed by atoms with Crippen molar-refractivity contribution >= 4 is 13.3 Å². The average molecular weight is 358 g/mol. The zero-order valence-corrected chi connectivity index (χ0v) is 14.1. The first kappa shape index (κ1) is 20.0. The highest BCUT2D eigenvalue weighted by atomic mass is 28.3. The molecule has 8 heteroatoms. The van der Waals surface area contributed by atoms with Crippen molar-refractivity contribution in [3.05, 3.63) is 29.8 Å². The third-order valence-corrected chi connectivity index (χ3v) is 10.4. The minimum Gasteiger partial charge on any atom is -0.369 e. The normalized spacial score (nSPS) is 14.2. The zero-order valence-electron chi connectivity index (χ0n) is 13.1. The molecule has 0 saturated heterocycles. The highest BCUT2D eigenvalue weighted by Crippen LogP contribution is 2.49. The van der Waals surface area contributed by atoms with E-state index in [1.807, 2.05) is 20.8 Å². The minimum absolute atomic E-state index is 0.749. The van der Waals surface area contributed by atoms with Crippen molar-refractivity contribution < 1.29 is 31.4 Å². The maximum Gasteiger partial charge on any atom is 0.430 e. The van der Waals surface area contributed by atoms with Crippen LogP contribution in [0, 0.1) is 0 Å². The van der Waals surface area contributed by atoms with Gasteiger partial charge in [-0.15, -0.1) is 0 Å². The maximum atomic E-state index is 12.9. The van der Waals surface area contributed by atoms with Crippen LogP contribution in [0.3, 0.4) is 0 Å². The Morgan fingerprint density at radius 3 is 1.39 bits per heavy atom. The molecule has 0 amide bonds. The summed E-state index contributed by atoms with van der Waals surface area (Å²) in [7, 11) is -1.91. The van der Waals surface area contributed by atoms with Crippen LogP contribution in [-0.2, 0) is 5.60 Å². The van der Waals surface area contributed by atoms with Gasteiger partial charge in [0.25, 0.3) is 5.60 Å². The molecule has 1 N–H and O–H groups in total. The van der Waals surface area contributed by atoms with Gasteiger partial charge < -0.3 is 5.11 Å². The lowest BCUT2D eigenvalue weighted by Crippen LogP contribution is -2.54. The fraction of sp³-hybridized carbons (Fsp3) is 0.600. The number of hydrogen-bond donors (Lipinski definition) is 1. The molecule has 0 aromatic heterocycles. The Morgan fingerprint density at radius 1 is 0.783 bits per heavy atom. The van der Waals surface area contributed by atoms with Crippen molar-refractivity contribution in [3.8, 4) is 0 Å². The van der Waals surface area contributed by atoms with Crippen LogP contribution in [0.1, 0.15) is 26.3 Å². The topological polar surface area (TPSA) is 20.2 Å². The van der Waals surface area contributed by atoms with Gasteiger partial charge in [0, 0.05) is 5.56 Å². The van der Waals surface area contributed by atoms with E-state index in [1.165, 1.54) is 12.1 Å². The van der Waals surface area contributed by atoms with Gasteiger partial charge in [0.15, 0.2) is 0 Å². The Labute approximate surface area is 132 Å². The minimum atomic E-state index is -5.85. The van der Waals surface area contributed by atoms with Crippen molar-refractivity contribution in [2.45, 2.75) is 56.9 Å². The fourth-order valence-electron chi connectivity index (χ4n) is 2.92. The molecular formula is C15H20F6OSi. The van der Waals surface area contributed by atoms with Gasteiger partial charge in [0.1, 0.15) is 0 Å². The quantitative estimate of drug-likeness (QED) is 0.597. The largest absolute Gasteiger partial charge is 0.430 e. The molecule has 0 bridgehead atoms. The molecule has 0 atom stereocenters. The van der Waals surface area contributed by atoms with Crippen LogP contribution in [-0.4, -0.2) is 25.5 Å². The van der Waals surface area contributed by atoms with Gasteiger partial charge in [-0.3, -0.25) is 0 Å². The Hall–Kier alpha value is -1.02. The molecule has 0 saturated carbocycles. The Kier molecular flexibility index (Phi) is 5.63. The Bertz CT molecular complexity index is 494. The summed E-state index contributed by atoms with van der Waals surface area (Å²) in [6, 6.07) is 6.66. The molecule has 23 heavy (non-hydrogen) atoms. The van der Waals surface area contributed by atoms with E-state index in [1.54, 1.807) is 0 Å². The summed E-state index contributed by atoms with van der Waals surface area (Å²) in [5.41, 5.74) is -6.06. The zero-order chi connectivity index (χ0) is 18.1. The van der Waals surface area contributed by atoms with Crippen LogP contribution in [0.2, 0.25) is 18.1 Å². The SMILES string of the molecule is CC[Si](CC)(CC)c1ccc(C(O)(C(F)(F)F)C(F)(F)F)cc1. The number of alkyl halides is 6. The lowest BCUT2D eigenvalue weighted by atomic mass is 9.92. The highest BCUT2D eigenvalue weighted by Gasteiger charge is 2.71. The highest BCUT2D eigenvalue weighted by molar-refractivity contribution is 6.91. The molecule has 0 aliphatic heterocycles. The molecule has 0 fully saturated rings. The third-order valence-electron chi connectivity index (χ3n) is 4.77. The molecule has 1 nitrogen and oxygen atoms in total. The summed E-state index contributed by atoms with van der Waals surface area (Å²) >= 11 is 0. The predicted octanol–water partition coefficient (Wildman–Crippen LogP) is 4.71. The van der Waals surface area contributed by atoms with Gasteiger partial charge in [-0.05, 0) is 0 Å². The lowest BCUT2D eigenvalue weighted by molar-refractivity contribution is -0.376. The molecule has 1 rings (SSSR count). The number of benzene rings is 1. The molecule has 0 unspecified atom stereocenters. The summed E-state index contributed by atoms with van der Waals surface area (Å²) in [4.78, 5) is 0. The van der Waals surface area contributed by atoms with Crippen LogP contribution in [0.15, 0.2) is 24.3 Å². The van der Waals surface area contributed by atoms with Gasteiger partial charge in [-0.25, -0.2) is 0 Å². The standard InChI is InChI=1S/C15H20F6OSi/c1-4-23(5-2,6-3)12-9-7-11(8-10-12)13(22,14(16,17)18)15(19,20)21/h7-10,22H,4-6H2,1-3H3. The van der Waals surface area contributed by atoms with Crippen molar-refractivity contribution in [3.63, 3.8) is 0 Å². The Balaban J connectivity index is 3.41. The molecule has 0 radical (unpaired) electrons. The van der Waals surface area contributed by atoms with Crippen LogP contribution >= 0.6 is 0 Å². The molecular weight excluding hydrogens is 338 g/mol. The molecule has 0 aliphatic rings. The lowest BCUT2D eigenvalue weighted by Gasteiger charge is -2.34. The van der Waals surface area contributed by atoms with Gasteiger partial charge in [-0.1, -0.05) is 68.4 Å². The first-order valence-corrected chi connectivity index (χ1v) is 9.98. The summed E-state index contributed by atoms with van der Waals surface area (Å²) < 4.78 is 77.1. The van der Waals surface area contributed by atoms with E-state index in [0.717, 1.165) is 35.5 Å². The van der Waals surface area contributed by atoms with Gasteiger partial charge in [0.05, 0.1) is 8.07 Å². The van der Waals surface area contributed by atoms with Gasteiger partial charge in [-0.2, -0.15) is 26.3 Å². The van der Waals surface area contributed by atoms with Gasteiger partial charge >= 0.3 is 12.4 Å². The predicted molar refractivity (Wildman–Crippen MR) is 79.3 cm³/mol.